The van der Waals surface area contributed by atoms with Gasteiger partial charge in [-0.15, -0.1) is 0 Å². The molecule has 1 saturated heterocycles. The second-order valence-corrected chi connectivity index (χ2v) is 6.69. The van der Waals surface area contributed by atoms with Gasteiger partial charge in [0.1, 0.15) is 0 Å². The molecule has 3 rings (SSSR count). The van der Waals surface area contributed by atoms with Crippen molar-refractivity contribution < 1.29 is 10.2 Å². The second kappa shape index (κ2) is 5.08. The van der Waals surface area contributed by atoms with Gasteiger partial charge in [-0.25, -0.2) is 0 Å². The normalized spacial score (nSPS) is 36.3. The van der Waals surface area contributed by atoms with Crippen molar-refractivity contribution in [3.8, 4) is 0 Å². The summed E-state index contributed by atoms with van der Waals surface area (Å²) in [6.07, 6.45) is 6.88. The molecular weight excluding hydrogens is 228 g/mol. The zero-order chi connectivity index (χ0) is 12.6. The number of nitrogens with zero attached hydrogens (tertiary/aromatic N) is 1. The summed E-state index contributed by atoms with van der Waals surface area (Å²) in [5.74, 6) is 0. The van der Waals surface area contributed by atoms with Gasteiger partial charge >= 0.3 is 0 Å². The minimum Gasteiger partial charge on any atom is -0.389 e. The van der Waals surface area contributed by atoms with Crippen molar-refractivity contribution in [1.29, 1.82) is 0 Å². The van der Waals surface area contributed by atoms with Crippen molar-refractivity contribution in [3.63, 3.8) is 0 Å². The average Bonchev–Trinajstić information content (AvgIpc) is 2.98. The van der Waals surface area contributed by atoms with Gasteiger partial charge < -0.3 is 15.5 Å². The largest absolute Gasteiger partial charge is 0.389 e. The number of aliphatic hydroxyl groups excluding tert-OH is 2. The third kappa shape index (κ3) is 2.87. The molecule has 0 spiro atoms. The number of hydrogen-bond acceptors (Lipinski definition) is 4. The van der Waals surface area contributed by atoms with Gasteiger partial charge in [0.05, 0.1) is 12.2 Å². The molecular formula is C14H26N2O2. The maximum Gasteiger partial charge on any atom is 0.0938 e. The van der Waals surface area contributed by atoms with Gasteiger partial charge in [-0.1, -0.05) is 12.8 Å². The molecule has 2 aliphatic carbocycles. The number of nitrogens with one attached hydrogen (secondary N) is 1. The van der Waals surface area contributed by atoms with Crippen LogP contribution in [0.25, 0.3) is 0 Å². The van der Waals surface area contributed by atoms with Crippen LogP contribution in [-0.2, 0) is 0 Å². The lowest BCUT2D eigenvalue weighted by molar-refractivity contribution is 0.0572. The van der Waals surface area contributed by atoms with Gasteiger partial charge in [0, 0.05) is 32.2 Å². The van der Waals surface area contributed by atoms with Crippen LogP contribution in [-0.4, -0.2) is 59.5 Å². The van der Waals surface area contributed by atoms with E-state index in [-0.39, 0.29) is 0 Å². The Kier molecular flexibility index (Phi) is 3.63. The number of aliphatic hydroxyl groups is 2. The molecule has 0 aromatic heterocycles. The Balaban J connectivity index is 1.55. The van der Waals surface area contributed by atoms with Crippen molar-refractivity contribution >= 4 is 0 Å². The Morgan fingerprint density at radius 3 is 2.22 bits per heavy atom. The number of likely N-dealkylation sites (tertiary alicyclic amines) is 1. The van der Waals surface area contributed by atoms with Gasteiger partial charge in [-0.05, 0) is 31.1 Å². The Bertz CT molecular complexity index is 278. The lowest BCUT2D eigenvalue weighted by Crippen LogP contribution is -2.42. The molecule has 0 aromatic rings. The van der Waals surface area contributed by atoms with E-state index in [1.807, 2.05) is 0 Å². The van der Waals surface area contributed by atoms with Gasteiger partial charge in [-0.3, -0.25) is 4.90 Å². The van der Waals surface area contributed by atoms with E-state index in [0.717, 1.165) is 19.1 Å². The highest BCUT2D eigenvalue weighted by Crippen LogP contribution is 2.39. The van der Waals surface area contributed by atoms with E-state index < -0.39 is 12.2 Å². The monoisotopic (exact) mass is 254 g/mol. The van der Waals surface area contributed by atoms with Crippen LogP contribution < -0.4 is 5.32 Å². The summed E-state index contributed by atoms with van der Waals surface area (Å²) in [6, 6.07) is 0.775. The highest BCUT2D eigenvalue weighted by atomic mass is 16.3. The van der Waals surface area contributed by atoms with Crippen LogP contribution >= 0.6 is 0 Å². The predicted octanol–water partition coefficient (Wildman–Crippen LogP) is 0.336. The zero-order valence-corrected chi connectivity index (χ0v) is 11.1. The topological polar surface area (TPSA) is 55.7 Å². The smallest absolute Gasteiger partial charge is 0.0938 e. The van der Waals surface area contributed by atoms with E-state index in [9.17, 15) is 10.2 Å². The molecule has 104 valence electrons. The predicted molar refractivity (Wildman–Crippen MR) is 70.4 cm³/mol. The van der Waals surface area contributed by atoms with Crippen molar-refractivity contribution in [2.24, 2.45) is 5.41 Å². The van der Waals surface area contributed by atoms with Gasteiger partial charge in [-0.2, -0.15) is 0 Å². The fourth-order valence-corrected chi connectivity index (χ4v) is 3.61. The summed E-state index contributed by atoms with van der Waals surface area (Å²) in [4.78, 5) is 2.26. The summed E-state index contributed by atoms with van der Waals surface area (Å²) in [7, 11) is 0. The minimum atomic E-state index is -0.542. The maximum atomic E-state index is 9.65. The summed E-state index contributed by atoms with van der Waals surface area (Å²) in [5.41, 5.74) is 0.395. The Morgan fingerprint density at radius 1 is 1.06 bits per heavy atom. The molecule has 3 aliphatic rings. The number of hydrogen-bond donors (Lipinski definition) is 3. The molecule has 1 heterocycles. The first-order valence-corrected chi connectivity index (χ1v) is 7.49. The van der Waals surface area contributed by atoms with Crippen LogP contribution in [0.5, 0.6) is 0 Å². The molecule has 1 aliphatic heterocycles. The molecule has 3 N–H and O–H groups in total. The minimum absolute atomic E-state index is 0.395. The lowest BCUT2D eigenvalue weighted by atomic mass is 9.85. The molecule has 3 fully saturated rings. The first-order chi connectivity index (χ1) is 8.67. The fraction of sp³-hybridized carbons (Fsp3) is 1.00. The molecule has 2 unspecified atom stereocenters. The number of rotatable bonds is 5. The second-order valence-electron chi connectivity index (χ2n) is 6.69. The molecule has 18 heavy (non-hydrogen) atoms. The van der Waals surface area contributed by atoms with Crippen LogP contribution in [0.3, 0.4) is 0 Å². The van der Waals surface area contributed by atoms with Crippen molar-refractivity contribution in [2.45, 2.75) is 56.8 Å². The summed E-state index contributed by atoms with van der Waals surface area (Å²) < 4.78 is 0. The molecule has 4 nitrogen and oxygen atoms in total. The van der Waals surface area contributed by atoms with E-state index in [1.165, 1.54) is 38.5 Å². The van der Waals surface area contributed by atoms with Crippen LogP contribution in [0.2, 0.25) is 0 Å². The third-order valence-electron chi connectivity index (χ3n) is 4.90. The summed E-state index contributed by atoms with van der Waals surface area (Å²) >= 11 is 0. The van der Waals surface area contributed by atoms with Gasteiger partial charge in [0.2, 0.25) is 0 Å². The van der Waals surface area contributed by atoms with Gasteiger partial charge in [0.15, 0.2) is 0 Å². The molecule has 0 radical (unpaired) electrons. The standard InChI is InChI=1S/C14H26N2O2/c17-12-7-16(8-13(12)18)10-14(5-1-2-6-14)9-15-11-3-4-11/h11-13,15,17-18H,1-10H2. The fourth-order valence-electron chi connectivity index (χ4n) is 3.61. The summed E-state index contributed by atoms with van der Waals surface area (Å²) in [5, 5.41) is 23.0. The molecule has 4 heteroatoms. The van der Waals surface area contributed by atoms with Crippen LogP contribution in [0.4, 0.5) is 0 Å². The molecule has 0 aromatic carbocycles. The maximum absolute atomic E-state index is 9.65. The average molecular weight is 254 g/mol. The first kappa shape index (κ1) is 12.9. The molecule has 2 atom stereocenters. The third-order valence-corrected chi connectivity index (χ3v) is 4.90. The van der Waals surface area contributed by atoms with E-state index in [2.05, 4.69) is 10.2 Å². The Hall–Kier alpha value is -0.160. The molecule has 2 saturated carbocycles. The van der Waals surface area contributed by atoms with E-state index in [0.29, 0.717) is 18.5 Å². The van der Waals surface area contributed by atoms with Gasteiger partial charge in [0.25, 0.3) is 0 Å². The highest BCUT2D eigenvalue weighted by Gasteiger charge is 2.40. The van der Waals surface area contributed by atoms with Crippen LogP contribution in [0.15, 0.2) is 0 Å². The van der Waals surface area contributed by atoms with E-state index in [4.69, 9.17) is 0 Å². The Labute approximate surface area is 109 Å². The molecule has 0 bridgehead atoms. The van der Waals surface area contributed by atoms with Crippen LogP contribution in [0, 0.1) is 5.41 Å². The van der Waals surface area contributed by atoms with E-state index in [1.54, 1.807) is 0 Å². The SMILES string of the molecule is OC1CN(CC2(CNC3CC3)CCCC2)CC1O. The molecule has 0 amide bonds. The van der Waals surface area contributed by atoms with E-state index >= 15 is 0 Å². The highest BCUT2D eigenvalue weighted by molar-refractivity contribution is 4.95. The first-order valence-electron chi connectivity index (χ1n) is 7.49. The van der Waals surface area contributed by atoms with Crippen molar-refractivity contribution in [3.05, 3.63) is 0 Å². The summed E-state index contributed by atoms with van der Waals surface area (Å²) in [6.45, 7) is 3.46. The lowest BCUT2D eigenvalue weighted by Gasteiger charge is -2.34. The number of β-amino-alcohol motifs (C(OH)–C–C–N with tert-alkyl or cyclic N) is 2. The Morgan fingerprint density at radius 2 is 1.67 bits per heavy atom. The van der Waals surface area contributed by atoms with Crippen molar-refractivity contribution in [1.82, 2.24) is 10.2 Å². The quantitative estimate of drug-likeness (QED) is 0.662. The van der Waals surface area contributed by atoms with Crippen molar-refractivity contribution in [2.75, 3.05) is 26.2 Å². The zero-order valence-electron chi connectivity index (χ0n) is 11.1. The van der Waals surface area contributed by atoms with Crippen LogP contribution in [0.1, 0.15) is 38.5 Å².